The topological polar surface area (TPSA) is 64.0 Å². The first kappa shape index (κ1) is 15.9. The highest BCUT2D eigenvalue weighted by molar-refractivity contribution is 5.76. The second-order valence-corrected chi connectivity index (χ2v) is 5.30. The number of nitrogens with zero attached hydrogens (tertiary/aromatic N) is 2. The first-order chi connectivity index (χ1) is 10.6. The Hall–Kier alpha value is -2.43. The molecular formula is C17H21N3O2. The van der Waals surface area contributed by atoms with Crippen molar-refractivity contribution in [2.45, 2.75) is 39.3 Å². The molecule has 1 aromatic carbocycles. The van der Waals surface area contributed by atoms with Gasteiger partial charge in [-0.3, -0.25) is 14.2 Å². The smallest absolute Gasteiger partial charge is 0.253 e. The van der Waals surface area contributed by atoms with Crippen molar-refractivity contribution in [3.05, 3.63) is 64.3 Å². The Labute approximate surface area is 130 Å². The number of carbonyl (C=O) groups is 1. The Balaban J connectivity index is 1.99. The molecule has 0 aliphatic carbocycles. The van der Waals surface area contributed by atoms with Gasteiger partial charge in [-0.15, -0.1) is 0 Å². The summed E-state index contributed by atoms with van der Waals surface area (Å²) in [5.74, 6) is -0.205. The van der Waals surface area contributed by atoms with Crippen molar-refractivity contribution in [3.8, 4) is 0 Å². The lowest BCUT2D eigenvalue weighted by Crippen LogP contribution is -2.33. The van der Waals surface area contributed by atoms with Crippen molar-refractivity contribution in [2.75, 3.05) is 0 Å². The summed E-state index contributed by atoms with van der Waals surface area (Å²) in [5, 5.41) is 2.89. The van der Waals surface area contributed by atoms with Crippen molar-refractivity contribution in [3.63, 3.8) is 0 Å². The minimum Gasteiger partial charge on any atom is -0.348 e. The van der Waals surface area contributed by atoms with Gasteiger partial charge in [-0.25, -0.2) is 4.98 Å². The van der Waals surface area contributed by atoms with Crippen LogP contribution < -0.4 is 10.9 Å². The molecule has 1 heterocycles. The van der Waals surface area contributed by atoms with Crippen LogP contribution in [0, 0.1) is 0 Å². The molecule has 0 fully saturated rings. The van der Waals surface area contributed by atoms with Crippen LogP contribution in [0.25, 0.3) is 0 Å². The van der Waals surface area contributed by atoms with Gasteiger partial charge in [0.1, 0.15) is 6.54 Å². The summed E-state index contributed by atoms with van der Waals surface area (Å²) >= 11 is 0. The molecule has 1 unspecified atom stereocenters. The lowest BCUT2D eigenvalue weighted by atomic mass is 10.1. The highest BCUT2D eigenvalue weighted by Gasteiger charge is 2.10. The molecule has 116 valence electrons. The van der Waals surface area contributed by atoms with Crippen LogP contribution >= 0.6 is 0 Å². The van der Waals surface area contributed by atoms with Crippen LogP contribution in [0.1, 0.15) is 37.6 Å². The van der Waals surface area contributed by atoms with Crippen molar-refractivity contribution < 1.29 is 4.79 Å². The van der Waals surface area contributed by atoms with Gasteiger partial charge in [-0.2, -0.15) is 0 Å². The zero-order chi connectivity index (χ0) is 15.9. The monoisotopic (exact) mass is 299 g/mol. The third-order valence-electron chi connectivity index (χ3n) is 3.43. The quantitative estimate of drug-likeness (QED) is 0.888. The Bertz CT molecular complexity index is 680. The van der Waals surface area contributed by atoms with Gasteiger partial charge in [-0.1, -0.05) is 43.7 Å². The van der Waals surface area contributed by atoms with Crippen molar-refractivity contribution in [1.82, 2.24) is 14.9 Å². The van der Waals surface area contributed by atoms with Crippen molar-refractivity contribution in [1.29, 1.82) is 0 Å². The SMILES string of the molecule is CCCc1cc(=O)n(CC(=O)NC(C)c2ccccc2)cn1. The highest BCUT2D eigenvalue weighted by atomic mass is 16.2. The molecule has 1 amide bonds. The van der Waals surface area contributed by atoms with Crippen molar-refractivity contribution in [2.24, 2.45) is 0 Å². The normalized spacial score (nSPS) is 11.9. The average Bonchev–Trinajstić information content (AvgIpc) is 2.51. The fraction of sp³-hybridized carbons (Fsp3) is 0.353. The Morgan fingerprint density at radius 2 is 2.05 bits per heavy atom. The highest BCUT2D eigenvalue weighted by Crippen LogP contribution is 2.10. The summed E-state index contributed by atoms with van der Waals surface area (Å²) in [6.07, 6.45) is 3.15. The third kappa shape index (κ3) is 4.28. The van der Waals surface area contributed by atoms with E-state index in [0.717, 1.165) is 24.1 Å². The minimum atomic E-state index is -0.205. The Kier molecular flexibility index (Phi) is 5.47. The molecule has 0 saturated carbocycles. The van der Waals surface area contributed by atoms with E-state index < -0.39 is 0 Å². The zero-order valence-electron chi connectivity index (χ0n) is 13.0. The molecule has 5 heteroatoms. The summed E-state index contributed by atoms with van der Waals surface area (Å²) in [5.41, 5.74) is 1.60. The molecule has 1 atom stereocenters. The number of rotatable bonds is 6. The van der Waals surface area contributed by atoms with E-state index in [9.17, 15) is 9.59 Å². The van der Waals surface area contributed by atoms with Crippen LogP contribution in [0.4, 0.5) is 0 Å². The third-order valence-corrected chi connectivity index (χ3v) is 3.43. The van der Waals surface area contributed by atoms with Crippen LogP contribution in [0.15, 0.2) is 47.5 Å². The van der Waals surface area contributed by atoms with Gasteiger partial charge in [0.15, 0.2) is 0 Å². The minimum absolute atomic E-state index is 0.0184. The van der Waals surface area contributed by atoms with Gasteiger partial charge < -0.3 is 5.32 Å². The van der Waals surface area contributed by atoms with Crippen molar-refractivity contribution >= 4 is 5.91 Å². The second kappa shape index (κ2) is 7.54. The summed E-state index contributed by atoms with van der Waals surface area (Å²) < 4.78 is 1.33. The van der Waals surface area contributed by atoms with E-state index in [1.807, 2.05) is 44.2 Å². The molecule has 0 aliphatic rings. The fourth-order valence-electron chi connectivity index (χ4n) is 2.24. The molecule has 0 aliphatic heterocycles. The maximum Gasteiger partial charge on any atom is 0.253 e. The van der Waals surface area contributed by atoms with E-state index in [-0.39, 0.29) is 24.1 Å². The molecule has 0 radical (unpaired) electrons. The lowest BCUT2D eigenvalue weighted by Gasteiger charge is -2.14. The lowest BCUT2D eigenvalue weighted by molar-refractivity contribution is -0.122. The van der Waals surface area contributed by atoms with Gasteiger partial charge in [0.05, 0.1) is 12.4 Å². The zero-order valence-corrected chi connectivity index (χ0v) is 13.0. The average molecular weight is 299 g/mol. The fourth-order valence-corrected chi connectivity index (χ4v) is 2.24. The summed E-state index contributed by atoms with van der Waals surface area (Å²) in [6, 6.07) is 11.1. The number of carbonyl (C=O) groups excluding carboxylic acids is 1. The first-order valence-electron chi connectivity index (χ1n) is 7.50. The molecule has 2 aromatic rings. The number of nitrogens with one attached hydrogen (secondary N) is 1. The molecule has 0 saturated heterocycles. The van der Waals surface area contributed by atoms with Gasteiger partial charge >= 0.3 is 0 Å². The van der Waals surface area contributed by atoms with E-state index in [1.54, 1.807) is 0 Å². The number of hydrogen-bond acceptors (Lipinski definition) is 3. The van der Waals surface area contributed by atoms with E-state index in [0.29, 0.717) is 0 Å². The van der Waals surface area contributed by atoms with Crippen LogP contribution in [-0.2, 0) is 17.8 Å². The largest absolute Gasteiger partial charge is 0.348 e. The molecular weight excluding hydrogens is 278 g/mol. The molecule has 1 aromatic heterocycles. The van der Waals surface area contributed by atoms with Crippen LogP contribution in [0.5, 0.6) is 0 Å². The molecule has 0 bridgehead atoms. The molecule has 2 rings (SSSR count). The van der Waals surface area contributed by atoms with Gasteiger partial charge in [0.2, 0.25) is 5.91 Å². The summed E-state index contributed by atoms with van der Waals surface area (Å²) in [6.45, 7) is 3.93. The Morgan fingerprint density at radius 1 is 1.32 bits per heavy atom. The van der Waals surface area contributed by atoms with E-state index >= 15 is 0 Å². The standard InChI is InChI=1S/C17H21N3O2/c1-3-7-15-10-17(22)20(12-18-15)11-16(21)19-13(2)14-8-5-4-6-9-14/h4-6,8-10,12-13H,3,7,11H2,1-2H3,(H,19,21). The number of aryl methyl sites for hydroxylation is 1. The molecule has 22 heavy (non-hydrogen) atoms. The van der Waals surface area contributed by atoms with Gasteiger partial charge in [0.25, 0.3) is 5.56 Å². The van der Waals surface area contributed by atoms with Gasteiger partial charge in [0, 0.05) is 11.8 Å². The first-order valence-corrected chi connectivity index (χ1v) is 7.50. The van der Waals surface area contributed by atoms with E-state index in [2.05, 4.69) is 10.3 Å². The number of aromatic nitrogens is 2. The molecule has 5 nitrogen and oxygen atoms in total. The van der Waals surface area contributed by atoms with Crippen LogP contribution in [0.3, 0.4) is 0 Å². The Morgan fingerprint density at radius 3 is 2.68 bits per heavy atom. The maximum absolute atomic E-state index is 12.1. The van der Waals surface area contributed by atoms with Crippen LogP contribution in [-0.4, -0.2) is 15.5 Å². The number of hydrogen-bond donors (Lipinski definition) is 1. The van der Waals surface area contributed by atoms with E-state index in [1.165, 1.54) is 17.0 Å². The molecule has 0 spiro atoms. The molecule has 1 N–H and O–H groups in total. The predicted octanol–water partition coefficient (Wildman–Crippen LogP) is 2.07. The maximum atomic E-state index is 12.1. The second-order valence-electron chi connectivity index (χ2n) is 5.30. The summed E-state index contributed by atoms with van der Waals surface area (Å²) in [4.78, 5) is 28.2. The van der Waals surface area contributed by atoms with Crippen LogP contribution in [0.2, 0.25) is 0 Å². The predicted molar refractivity (Wildman–Crippen MR) is 85.5 cm³/mol. The number of amides is 1. The van der Waals surface area contributed by atoms with E-state index in [4.69, 9.17) is 0 Å². The number of benzene rings is 1. The van der Waals surface area contributed by atoms with Gasteiger partial charge in [-0.05, 0) is 18.9 Å². The summed E-state index contributed by atoms with van der Waals surface area (Å²) in [7, 11) is 0.